The van der Waals surface area contributed by atoms with Gasteiger partial charge in [-0.15, -0.1) is 0 Å². The van der Waals surface area contributed by atoms with E-state index in [0.717, 1.165) is 0 Å². The predicted molar refractivity (Wildman–Crippen MR) is 63.9 cm³/mol. The van der Waals surface area contributed by atoms with Gasteiger partial charge in [-0.1, -0.05) is 62.2 Å². The highest BCUT2D eigenvalue weighted by Gasteiger charge is 2.42. The Balaban J connectivity index is 3.08. The molecule has 1 unspecified atom stereocenters. The first kappa shape index (κ1) is 12.4. The second-order valence-electron chi connectivity index (χ2n) is 2.94. The summed E-state index contributed by atoms with van der Waals surface area (Å²) in [5, 5.41) is 8.98. The van der Waals surface area contributed by atoms with E-state index < -0.39 is 16.1 Å². The standard InChI is InChI=1S/C10H8Br2O3/c11-6-10(12,9(14)15)8(13)7-4-2-1-3-5-7/h1-5H,6H2,(H,14,15). The number of carboxylic acid groups (broad SMARTS) is 1. The van der Waals surface area contributed by atoms with Gasteiger partial charge in [-0.05, 0) is 0 Å². The third-order valence-electron chi connectivity index (χ3n) is 1.92. The molecule has 0 spiro atoms. The van der Waals surface area contributed by atoms with Crippen LogP contribution in [0.15, 0.2) is 30.3 Å². The Morgan fingerprint density at radius 3 is 2.20 bits per heavy atom. The lowest BCUT2D eigenvalue weighted by molar-refractivity contribution is -0.137. The van der Waals surface area contributed by atoms with Gasteiger partial charge in [0.1, 0.15) is 0 Å². The molecular formula is C10H8Br2O3. The number of carbonyl (C=O) groups is 2. The molecule has 0 aliphatic heterocycles. The highest BCUT2D eigenvalue weighted by atomic mass is 79.9. The Labute approximate surface area is 104 Å². The van der Waals surface area contributed by atoms with Crippen molar-refractivity contribution in [2.75, 3.05) is 5.33 Å². The highest BCUT2D eigenvalue weighted by molar-refractivity contribution is 9.12. The van der Waals surface area contributed by atoms with Gasteiger partial charge in [-0.3, -0.25) is 9.59 Å². The number of alkyl halides is 2. The van der Waals surface area contributed by atoms with Gasteiger partial charge < -0.3 is 5.11 Å². The Kier molecular flexibility index (Phi) is 4.04. The lowest BCUT2D eigenvalue weighted by Crippen LogP contribution is -2.42. The fraction of sp³-hybridized carbons (Fsp3) is 0.200. The van der Waals surface area contributed by atoms with Gasteiger partial charge in [0.05, 0.1) is 0 Å². The first-order valence-electron chi connectivity index (χ1n) is 4.10. The number of ketones is 1. The van der Waals surface area contributed by atoms with Crippen LogP contribution in [0.2, 0.25) is 0 Å². The number of Topliss-reactive ketones (excluding diaryl/α,β-unsaturated/α-hetero) is 1. The number of aliphatic carboxylic acids is 1. The van der Waals surface area contributed by atoms with E-state index in [1.807, 2.05) is 0 Å². The molecular weight excluding hydrogens is 328 g/mol. The molecule has 0 heterocycles. The van der Waals surface area contributed by atoms with E-state index in [1.165, 1.54) is 0 Å². The van der Waals surface area contributed by atoms with Gasteiger partial charge in [0, 0.05) is 10.9 Å². The molecule has 0 saturated heterocycles. The SMILES string of the molecule is O=C(O)C(Br)(CBr)C(=O)c1ccccc1. The minimum absolute atomic E-state index is 0.0169. The molecule has 5 heteroatoms. The minimum Gasteiger partial charge on any atom is -0.480 e. The van der Waals surface area contributed by atoms with Crippen LogP contribution in [0.25, 0.3) is 0 Å². The van der Waals surface area contributed by atoms with E-state index in [9.17, 15) is 9.59 Å². The summed E-state index contributed by atoms with van der Waals surface area (Å²) in [6, 6.07) is 8.32. The summed E-state index contributed by atoms with van der Waals surface area (Å²) in [6.45, 7) is 0. The van der Waals surface area contributed by atoms with E-state index in [2.05, 4.69) is 31.9 Å². The number of halogens is 2. The van der Waals surface area contributed by atoms with Crippen LogP contribution in [-0.2, 0) is 4.79 Å². The van der Waals surface area contributed by atoms with E-state index in [-0.39, 0.29) is 5.33 Å². The lowest BCUT2D eigenvalue weighted by Gasteiger charge is -2.18. The molecule has 0 radical (unpaired) electrons. The van der Waals surface area contributed by atoms with Crippen LogP contribution in [0.5, 0.6) is 0 Å². The monoisotopic (exact) mass is 334 g/mol. The van der Waals surface area contributed by atoms with Crippen molar-refractivity contribution in [1.29, 1.82) is 0 Å². The van der Waals surface area contributed by atoms with Gasteiger partial charge in [-0.25, -0.2) is 0 Å². The molecule has 80 valence electrons. The Bertz CT molecular complexity index is 378. The molecule has 0 aliphatic rings. The second-order valence-corrected chi connectivity index (χ2v) is 4.85. The van der Waals surface area contributed by atoms with Crippen molar-refractivity contribution in [3.05, 3.63) is 35.9 Å². The third-order valence-corrected chi connectivity index (χ3v) is 4.49. The molecule has 0 aliphatic carbocycles. The van der Waals surface area contributed by atoms with Crippen LogP contribution < -0.4 is 0 Å². The quantitative estimate of drug-likeness (QED) is 0.522. The van der Waals surface area contributed by atoms with Crippen molar-refractivity contribution in [2.24, 2.45) is 0 Å². The van der Waals surface area contributed by atoms with Crippen LogP contribution >= 0.6 is 31.9 Å². The Morgan fingerprint density at radius 2 is 1.80 bits per heavy atom. The van der Waals surface area contributed by atoms with Gasteiger partial charge in [0.2, 0.25) is 0 Å². The second kappa shape index (κ2) is 4.90. The first-order chi connectivity index (χ1) is 7.02. The fourth-order valence-corrected chi connectivity index (χ4v) is 1.76. The summed E-state index contributed by atoms with van der Waals surface area (Å²) in [5.41, 5.74) is 0.372. The van der Waals surface area contributed by atoms with Gasteiger partial charge in [0.25, 0.3) is 0 Å². The largest absolute Gasteiger partial charge is 0.480 e. The molecule has 15 heavy (non-hydrogen) atoms. The maximum Gasteiger partial charge on any atom is 0.329 e. The van der Waals surface area contributed by atoms with E-state index in [4.69, 9.17) is 5.11 Å². The molecule has 0 saturated carbocycles. The van der Waals surface area contributed by atoms with Crippen molar-refractivity contribution in [3.63, 3.8) is 0 Å². The molecule has 0 amide bonds. The molecule has 1 aromatic rings. The summed E-state index contributed by atoms with van der Waals surface area (Å²) in [7, 11) is 0. The summed E-state index contributed by atoms with van der Waals surface area (Å²) in [5.74, 6) is -1.67. The maximum atomic E-state index is 11.9. The number of benzene rings is 1. The molecule has 1 aromatic carbocycles. The van der Waals surface area contributed by atoms with Crippen LogP contribution in [0.1, 0.15) is 10.4 Å². The highest BCUT2D eigenvalue weighted by Crippen LogP contribution is 2.26. The average Bonchev–Trinajstić information content (AvgIpc) is 2.28. The summed E-state index contributed by atoms with van der Waals surface area (Å²) in [6.07, 6.45) is 0. The topological polar surface area (TPSA) is 54.4 Å². The molecule has 1 N–H and O–H groups in total. The number of hydrogen-bond donors (Lipinski definition) is 1. The van der Waals surface area contributed by atoms with E-state index in [1.54, 1.807) is 30.3 Å². The number of carbonyl (C=O) groups excluding carboxylic acids is 1. The Hall–Kier alpha value is -0.680. The van der Waals surface area contributed by atoms with Crippen LogP contribution in [-0.4, -0.2) is 26.5 Å². The van der Waals surface area contributed by atoms with Crippen molar-refractivity contribution in [1.82, 2.24) is 0 Å². The van der Waals surface area contributed by atoms with Crippen molar-refractivity contribution in [3.8, 4) is 0 Å². The lowest BCUT2D eigenvalue weighted by atomic mass is 9.99. The van der Waals surface area contributed by atoms with E-state index in [0.29, 0.717) is 5.56 Å². The van der Waals surface area contributed by atoms with Crippen molar-refractivity contribution in [2.45, 2.75) is 4.32 Å². The zero-order chi connectivity index (χ0) is 11.5. The zero-order valence-corrected chi connectivity index (χ0v) is 10.8. The maximum absolute atomic E-state index is 11.9. The van der Waals surface area contributed by atoms with Crippen molar-refractivity contribution < 1.29 is 14.7 Å². The van der Waals surface area contributed by atoms with E-state index >= 15 is 0 Å². The number of hydrogen-bond acceptors (Lipinski definition) is 2. The fourth-order valence-electron chi connectivity index (χ4n) is 1.03. The summed E-state index contributed by atoms with van der Waals surface area (Å²) in [4.78, 5) is 22.9. The molecule has 1 atom stereocenters. The number of carboxylic acids is 1. The van der Waals surface area contributed by atoms with Gasteiger partial charge >= 0.3 is 5.97 Å². The molecule has 1 rings (SSSR count). The minimum atomic E-state index is -1.59. The summed E-state index contributed by atoms with van der Waals surface area (Å²) >= 11 is 5.98. The molecule has 3 nitrogen and oxygen atoms in total. The van der Waals surface area contributed by atoms with Crippen molar-refractivity contribution >= 4 is 43.6 Å². The summed E-state index contributed by atoms with van der Waals surface area (Å²) < 4.78 is -1.59. The van der Waals surface area contributed by atoms with Crippen LogP contribution in [0.3, 0.4) is 0 Å². The number of rotatable bonds is 4. The van der Waals surface area contributed by atoms with Gasteiger partial charge in [-0.2, -0.15) is 0 Å². The van der Waals surface area contributed by atoms with Crippen LogP contribution in [0.4, 0.5) is 0 Å². The Morgan fingerprint density at radius 1 is 1.27 bits per heavy atom. The zero-order valence-electron chi connectivity index (χ0n) is 7.61. The van der Waals surface area contributed by atoms with Gasteiger partial charge in [0.15, 0.2) is 10.1 Å². The predicted octanol–water partition coefficient (Wildman–Crippen LogP) is 2.48. The molecule has 0 fully saturated rings. The molecule has 0 bridgehead atoms. The van der Waals surface area contributed by atoms with Crippen LogP contribution in [0, 0.1) is 0 Å². The smallest absolute Gasteiger partial charge is 0.329 e. The molecule has 0 aromatic heterocycles. The third kappa shape index (κ3) is 2.46. The first-order valence-corrected chi connectivity index (χ1v) is 6.02. The normalized spacial score (nSPS) is 14.3. The average molecular weight is 336 g/mol.